The Bertz CT molecular complexity index is 1230. The summed E-state index contributed by atoms with van der Waals surface area (Å²) in [7, 11) is 0. The Hall–Kier alpha value is -3.19. The smallest absolute Gasteiger partial charge is 0.414 e. The van der Waals surface area contributed by atoms with Crippen molar-refractivity contribution in [3.8, 4) is 22.4 Å². The highest BCUT2D eigenvalue weighted by Crippen LogP contribution is 2.25. The first-order valence-electron chi connectivity index (χ1n) is 16.8. The molecule has 4 nitrogen and oxygen atoms in total. The Labute approximate surface area is 267 Å². The highest BCUT2D eigenvalue weighted by Gasteiger charge is 2.36. The zero-order valence-corrected chi connectivity index (χ0v) is 27.0. The lowest BCUT2D eigenvalue weighted by molar-refractivity contribution is -0.214. The zero-order chi connectivity index (χ0) is 32.3. The fourth-order valence-electron chi connectivity index (χ4n) is 5.18. The molecule has 2 aromatic carbocycles. The number of rotatable bonds is 21. The molecular weight excluding hydrogens is 575 g/mol. The van der Waals surface area contributed by atoms with Gasteiger partial charge in [0.1, 0.15) is 0 Å². The monoisotopic (exact) mass is 625 g/mol. The third-order valence-electron chi connectivity index (χ3n) is 8.14. The van der Waals surface area contributed by atoms with E-state index in [1.54, 1.807) is 12.1 Å². The van der Waals surface area contributed by atoms with E-state index in [-0.39, 0.29) is 12.6 Å². The Morgan fingerprint density at radius 1 is 0.689 bits per heavy atom. The van der Waals surface area contributed by atoms with Crippen molar-refractivity contribution in [3.05, 3.63) is 78.0 Å². The third-order valence-corrected chi connectivity index (χ3v) is 8.14. The van der Waals surface area contributed by atoms with E-state index in [2.05, 4.69) is 36.2 Å². The number of hydrogen-bond donors (Lipinski definition) is 0. The van der Waals surface area contributed by atoms with Gasteiger partial charge < -0.3 is 9.47 Å². The predicted molar refractivity (Wildman–Crippen MR) is 176 cm³/mol. The number of ether oxygens (including phenoxy) is 2. The van der Waals surface area contributed by atoms with Crippen LogP contribution in [0, 0.1) is 0 Å². The number of benzene rings is 2. The van der Waals surface area contributed by atoms with Crippen LogP contribution in [0.1, 0.15) is 113 Å². The number of aryl methyl sites for hydroxylation is 1. The minimum Gasteiger partial charge on any atom is -0.462 e. The van der Waals surface area contributed by atoms with Crippen LogP contribution in [-0.4, -0.2) is 36.4 Å². The van der Waals surface area contributed by atoms with Gasteiger partial charge in [0.05, 0.1) is 17.9 Å². The number of nitrogens with zero attached hydrogens (tertiary/aromatic N) is 1. The maximum Gasteiger partial charge on any atom is 0.414 e. The van der Waals surface area contributed by atoms with E-state index in [1.807, 2.05) is 30.5 Å². The lowest BCUT2D eigenvalue weighted by atomic mass is 10.0. The number of pyridine rings is 1. The Balaban J connectivity index is 1.33. The molecule has 1 unspecified atom stereocenters. The van der Waals surface area contributed by atoms with Crippen LogP contribution in [0.25, 0.3) is 22.4 Å². The van der Waals surface area contributed by atoms with Gasteiger partial charge in [-0.1, -0.05) is 114 Å². The van der Waals surface area contributed by atoms with Gasteiger partial charge in [-0.2, -0.15) is 13.2 Å². The molecule has 45 heavy (non-hydrogen) atoms. The molecule has 0 fully saturated rings. The third kappa shape index (κ3) is 13.8. The molecule has 0 aliphatic heterocycles. The molecule has 1 heterocycles. The summed E-state index contributed by atoms with van der Waals surface area (Å²) in [5.41, 5.74) is 5.85. The molecule has 0 aliphatic rings. The molecule has 3 rings (SSSR count). The summed E-state index contributed by atoms with van der Waals surface area (Å²) in [6.45, 7) is 3.69. The number of unbranched alkanes of at least 4 members (excludes halogenated alkanes) is 11. The van der Waals surface area contributed by atoms with Crippen LogP contribution in [0.3, 0.4) is 0 Å². The van der Waals surface area contributed by atoms with Crippen molar-refractivity contribution in [2.45, 2.75) is 116 Å². The first-order chi connectivity index (χ1) is 21.8. The van der Waals surface area contributed by atoms with Gasteiger partial charge in [-0.3, -0.25) is 4.98 Å². The number of esters is 1. The average molecular weight is 626 g/mol. The molecule has 3 aromatic rings. The number of alkyl halides is 3. The molecule has 0 saturated carbocycles. The lowest BCUT2D eigenvalue weighted by Gasteiger charge is -2.16. The summed E-state index contributed by atoms with van der Waals surface area (Å²) in [6.07, 6.45) is 11.4. The van der Waals surface area contributed by atoms with Gasteiger partial charge >= 0.3 is 12.1 Å². The summed E-state index contributed by atoms with van der Waals surface area (Å²) >= 11 is 0. The first-order valence-corrected chi connectivity index (χ1v) is 16.8. The van der Waals surface area contributed by atoms with Crippen LogP contribution in [-0.2, 0) is 15.9 Å². The van der Waals surface area contributed by atoms with Gasteiger partial charge in [-0.25, -0.2) is 4.79 Å². The molecule has 0 bridgehead atoms. The average Bonchev–Trinajstić information content (AvgIpc) is 3.05. The molecule has 0 spiro atoms. The van der Waals surface area contributed by atoms with Crippen LogP contribution >= 0.6 is 0 Å². The van der Waals surface area contributed by atoms with Gasteiger partial charge in [0, 0.05) is 23.9 Å². The zero-order valence-electron chi connectivity index (χ0n) is 27.0. The Kier molecular flexibility index (Phi) is 16.2. The van der Waals surface area contributed by atoms with Crippen molar-refractivity contribution in [1.29, 1.82) is 0 Å². The highest BCUT2D eigenvalue weighted by molar-refractivity contribution is 5.90. The van der Waals surface area contributed by atoms with Crippen molar-refractivity contribution in [1.82, 2.24) is 4.98 Å². The molecule has 0 amide bonds. The van der Waals surface area contributed by atoms with Gasteiger partial charge in [-0.05, 0) is 61.9 Å². The van der Waals surface area contributed by atoms with Crippen LogP contribution in [0.2, 0.25) is 0 Å². The second-order valence-electron chi connectivity index (χ2n) is 11.9. The fourth-order valence-corrected chi connectivity index (χ4v) is 5.18. The quantitative estimate of drug-likeness (QED) is 0.0873. The number of aromatic nitrogens is 1. The van der Waals surface area contributed by atoms with E-state index in [4.69, 9.17) is 9.47 Å². The fraction of sp³-hybridized carbons (Fsp3) is 0.526. The van der Waals surface area contributed by atoms with Gasteiger partial charge in [0.25, 0.3) is 0 Å². The molecule has 0 aliphatic carbocycles. The van der Waals surface area contributed by atoms with E-state index < -0.39 is 12.3 Å². The van der Waals surface area contributed by atoms with E-state index in [1.165, 1.54) is 56.9 Å². The number of hydrogen-bond acceptors (Lipinski definition) is 4. The van der Waals surface area contributed by atoms with Crippen LogP contribution in [0.4, 0.5) is 13.2 Å². The van der Waals surface area contributed by atoms with Crippen molar-refractivity contribution in [2.75, 3.05) is 13.2 Å². The molecule has 1 atom stereocenters. The van der Waals surface area contributed by atoms with E-state index in [9.17, 15) is 18.0 Å². The second kappa shape index (κ2) is 20.0. The van der Waals surface area contributed by atoms with E-state index in [0.717, 1.165) is 55.0 Å². The van der Waals surface area contributed by atoms with Crippen molar-refractivity contribution >= 4 is 5.97 Å². The molecule has 246 valence electrons. The SMILES string of the molecule is CCCCCCCCCCc1ccc(-c2ccc(-c3ccc(C(=O)OCCCCCCCOC(C)C(F)(F)F)cc3)cn2)cc1. The Morgan fingerprint density at radius 3 is 1.84 bits per heavy atom. The number of carbonyl (C=O) groups excluding carboxylic acids is 1. The molecular formula is C38H50F3NO3. The molecule has 0 N–H and O–H groups in total. The van der Waals surface area contributed by atoms with Crippen molar-refractivity contribution in [3.63, 3.8) is 0 Å². The number of halogens is 3. The van der Waals surface area contributed by atoms with Gasteiger partial charge in [-0.15, -0.1) is 0 Å². The summed E-state index contributed by atoms with van der Waals surface area (Å²) in [5, 5.41) is 0. The minimum absolute atomic E-state index is 0.0964. The first kappa shape index (κ1) is 36.3. The molecule has 1 aromatic heterocycles. The van der Waals surface area contributed by atoms with Crippen molar-refractivity contribution < 1.29 is 27.4 Å². The number of carbonyl (C=O) groups is 1. The second-order valence-corrected chi connectivity index (χ2v) is 11.9. The molecule has 0 saturated heterocycles. The summed E-state index contributed by atoms with van der Waals surface area (Å²) in [4.78, 5) is 17.1. The van der Waals surface area contributed by atoms with Crippen molar-refractivity contribution in [2.24, 2.45) is 0 Å². The normalized spacial score (nSPS) is 12.3. The standard InChI is InChI=1S/C38H50F3NO3/c1-3-4-5-6-7-8-10-13-16-31-17-19-33(20-18-31)36-26-25-35(29-42-36)32-21-23-34(24-22-32)37(43)45-28-15-12-9-11-14-27-44-30(2)38(39,40)41/h17-26,29-30H,3-16,27-28H2,1-2H3. The van der Waals surface area contributed by atoms with Crippen LogP contribution in [0.15, 0.2) is 66.9 Å². The maximum atomic E-state index is 12.4. The minimum atomic E-state index is -4.31. The van der Waals surface area contributed by atoms with E-state index in [0.29, 0.717) is 25.0 Å². The van der Waals surface area contributed by atoms with Crippen LogP contribution in [0.5, 0.6) is 0 Å². The summed E-state index contributed by atoms with van der Waals surface area (Å²) in [6, 6.07) is 20.1. The van der Waals surface area contributed by atoms with Gasteiger partial charge in [0.15, 0.2) is 6.10 Å². The van der Waals surface area contributed by atoms with Crippen LogP contribution < -0.4 is 0 Å². The molecule has 7 heteroatoms. The highest BCUT2D eigenvalue weighted by atomic mass is 19.4. The largest absolute Gasteiger partial charge is 0.462 e. The predicted octanol–water partition coefficient (Wildman–Crippen LogP) is 11.2. The van der Waals surface area contributed by atoms with Gasteiger partial charge in [0.2, 0.25) is 0 Å². The summed E-state index contributed by atoms with van der Waals surface area (Å²) < 4.78 is 47.5. The van der Waals surface area contributed by atoms with E-state index >= 15 is 0 Å². The molecule has 0 radical (unpaired) electrons. The summed E-state index contributed by atoms with van der Waals surface area (Å²) in [5.74, 6) is -0.365. The lowest BCUT2D eigenvalue weighted by Crippen LogP contribution is -2.28. The topological polar surface area (TPSA) is 48.4 Å². The maximum absolute atomic E-state index is 12.4. The Morgan fingerprint density at radius 2 is 1.24 bits per heavy atom.